The predicted octanol–water partition coefficient (Wildman–Crippen LogP) is 9.97. The van der Waals surface area contributed by atoms with Crippen molar-refractivity contribution in [3.05, 3.63) is 137 Å². The first-order valence-corrected chi connectivity index (χ1v) is 14.5. The van der Waals surface area contributed by atoms with E-state index >= 15 is 0 Å². The predicted molar refractivity (Wildman–Crippen MR) is 170 cm³/mol. The fraction of sp³-hybridized carbons (Fsp3) is 0.114. The number of ether oxygens (including phenoxy) is 1. The number of hydrogen-bond donors (Lipinski definition) is 0. The van der Waals surface area contributed by atoms with Crippen LogP contribution < -0.4 is 4.74 Å². The second-order valence-corrected chi connectivity index (χ2v) is 11.3. The largest absolute Gasteiger partial charge is 0.497 e. The molecule has 5 heteroatoms. The first-order chi connectivity index (χ1) is 19.6. The molecule has 0 radical (unpaired) electrons. The molecule has 4 aromatic carbocycles. The third-order valence-electron chi connectivity index (χ3n) is 7.11. The standard InChI is InChI=1S/C35H29ClN2OS/c1-24-8-19-31(20-9-24)40-35-26(23-37-28-13-11-27(36)12-14-28)10-21-33-32(35)22-34(25-6-4-3-5-7-25)38(33)29-15-17-30(39-2)18-16-29/h3-9,11-20,22-23H,10,21H2,1-2H3. The van der Waals surface area contributed by atoms with Crippen LogP contribution in [0.25, 0.3) is 21.8 Å². The van der Waals surface area contributed by atoms with Crippen LogP contribution in [-0.2, 0) is 6.42 Å². The minimum atomic E-state index is 0.712. The van der Waals surface area contributed by atoms with Gasteiger partial charge in [0.25, 0.3) is 0 Å². The van der Waals surface area contributed by atoms with E-state index in [4.69, 9.17) is 21.3 Å². The van der Waals surface area contributed by atoms with E-state index in [0.29, 0.717) is 5.02 Å². The van der Waals surface area contributed by atoms with Gasteiger partial charge in [-0.15, -0.1) is 0 Å². The van der Waals surface area contributed by atoms with Crippen LogP contribution in [0, 0.1) is 6.92 Å². The summed E-state index contributed by atoms with van der Waals surface area (Å²) in [6.45, 7) is 2.12. The van der Waals surface area contributed by atoms with E-state index in [1.54, 1.807) is 7.11 Å². The third kappa shape index (κ3) is 5.51. The van der Waals surface area contributed by atoms with Crippen molar-refractivity contribution in [3.8, 4) is 22.7 Å². The van der Waals surface area contributed by atoms with E-state index in [2.05, 4.69) is 84.3 Å². The summed E-state index contributed by atoms with van der Waals surface area (Å²) in [6, 6.07) is 37.7. The van der Waals surface area contributed by atoms with E-state index in [1.807, 2.05) is 54.4 Å². The molecule has 0 bridgehead atoms. The fourth-order valence-electron chi connectivity index (χ4n) is 5.03. The topological polar surface area (TPSA) is 26.5 Å². The molecule has 3 nitrogen and oxygen atoms in total. The Morgan fingerprint density at radius 1 is 0.850 bits per heavy atom. The van der Waals surface area contributed by atoms with Crippen LogP contribution in [0.3, 0.4) is 0 Å². The van der Waals surface area contributed by atoms with Crippen molar-refractivity contribution in [2.75, 3.05) is 7.11 Å². The van der Waals surface area contributed by atoms with E-state index in [-0.39, 0.29) is 0 Å². The molecule has 198 valence electrons. The highest BCUT2D eigenvalue weighted by Crippen LogP contribution is 2.46. The average molecular weight is 561 g/mol. The van der Waals surface area contributed by atoms with Gasteiger partial charge >= 0.3 is 0 Å². The van der Waals surface area contributed by atoms with E-state index in [9.17, 15) is 0 Å². The van der Waals surface area contributed by atoms with Gasteiger partial charge in [0.15, 0.2) is 0 Å². The molecule has 1 aliphatic rings. The summed E-state index contributed by atoms with van der Waals surface area (Å²) in [5.74, 6) is 0.849. The van der Waals surface area contributed by atoms with Gasteiger partial charge in [0.2, 0.25) is 0 Å². The SMILES string of the molecule is COc1ccc(-n2c(-c3ccccc3)cc3c2CCC(C=Nc2ccc(Cl)cc2)=C3Sc2ccc(C)cc2)cc1. The number of aromatic nitrogens is 1. The van der Waals surface area contributed by atoms with E-state index < -0.39 is 0 Å². The molecule has 0 amide bonds. The molecular formula is C35H29ClN2OS. The molecular weight excluding hydrogens is 532 g/mol. The molecule has 0 N–H and O–H groups in total. The number of methoxy groups -OCH3 is 1. The Kier molecular flexibility index (Phi) is 7.63. The number of benzene rings is 4. The Morgan fingerprint density at radius 3 is 2.27 bits per heavy atom. The Bertz CT molecular complexity index is 1680. The number of fused-ring (bicyclic) bond motifs is 1. The van der Waals surface area contributed by atoms with Crippen LogP contribution in [0.1, 0.15) is 23.2 Å². The minimum absolute atomic E-state index is 0.712. The first-order valence-electron chi connectivity index (χ1n) is 13.3. The lowest BCUT2D eigenvalue weighted by atomic mass is 9.97. The number of nitrogens with zero attached hydrogens (tertiary/aromatic N) is 2. The number of aryl methyl sites for hydroxylation is 1. The smallest absolute Gasteiger partial charge is 0.119 e. The molecule has 0 fully saturated rings. The summed E-state index contributed by atoms with van der Waals surface area (Å²) in [4.78, 5) is 7.29. The van der Waals surface area contributed by atoms with Crippen molar-refractivity contribution in [1.82, 2.24) is 4.57 Å². The zero-order chi connectivity index (χ0) is 27.5. The molecule has 0 aliphatic heterocycles. The van der Waals surface area contributed by atoms with Crippen LogP contribution in [0.2, 0.25) is 5.02 Å². The van der Waals surface area contributed by atoms with Crippen molar-refractivity contribution in [2.45, 2.75) is 24.7 Å². The van der Waals surface area contributed by atoms with Gasteiger partial charge in [0, 0.05) is 38.0 Å². The number of rotatable bonds is 7. The monoisotopic (exact) mass is 560 g/mol. The fourth-order valence-corrected chi connectivity index (χ4v) is 6.23. The molecule has 1 aliphatic carbocycles. The van der Waals surface area contributed by atoms with Gasteiger partial charge in [-0.25, -0.2) is 0 Å². The summed E-state index contributed by atoms with van der Waals surface area (Å²) in [7, 11) is 1.70. The van der Waals surface area contributed by atoms with Crippen LogP contribution in [0.15, 0.2) is 125 Å². The number of allylic oxidation sites excluding steroid dienone is 1. The lowest BCUT2D eigenvalue weighted by Crippen LogP contribution is -2.09. The molecule has 40 heavy (non-hydrogen) atoms. The highest BCUT2D eigenvalue weighted by atomic mass is 35.5. The lowest BCUT2D eigenvalue weighted by Gasteiger charge is -2.21. The molecule has 0 saturated heterocycles. The maximum atomic E-state index is 6.10. The first kappa shape index (κ1) is 26.2. The molecule has 6 rings (SSSR count). The Labute approximate surface area is 244 Å². The number of hydrogen-bond acceptors (Lipinski definition) is 3. The van der Waals surface area contributed by atoms with Gasteiger partial charge in [0.1, 0.15) is 5.75 Å². The van der Waals surface area contributed by atoms with Crippen molar-refractivity contribution >= 4 is 40.2 Å². The third-order valence-corrected chi connectivity index (χ3v) is 8.55. The van der Waals surface area contributed by atoms with Crippen LogP contribution in [0.5, 0.6) is 5.75 Å². The van der Waals surface area contributed by atoms with E-state index in [1.165, 1.54) is 43.5 Å². The number of halogens is 1. The van der Waals surface area contributed by atoms with Gasteiger partial charge < -0.3 is 9.30 Å². The van der Waals surface area contributed by atoms with Gasteiger partial charge in [-0.3, -0.25) is 4.99 Å². The zero-order valence-electron chi connectivity index (χ0n) is 22.5. The molecule has 0 spiro atoms. The Morgan fingerprint density at radius 2 is 1.57 bits per heavy atom. The summed E-state index contributed by atoms with van der Waals surface area (Å²) >= 11 is 7.92. The van der Waals surface area contributed by atoms with Crippen molar-refractivity contribution in [3.63, 3.8) is 0 Å². The summed E-state index contributed by atoms with van der Waals surface area (Å²) < 4.78 is 7.86. The van der Waals surface area contributed by atoms with E-state index in [0.717, 1.165) is 30.0 Å². The average Bonchev–Trinajstić information content (AvgIpc) is 3.39. The van der Waals surface area contributed by atoms with Crippen molar-refractivity contribution in [1.29, 1.82) is 0 Å². The quantitative estimate of drug-likeness (QED) is 0.185. The second-order valence-electron chi connectivity index (χ2n) is 9.79. The highest BCUT2D eigenvalue weighted by molar-refractivity contribution is 8.08. The van der Waals surface area contributed by atoms with Gasteiger partial charge in [-0.2, -0.15) is 0 Å². The number of thioether (sulfide) groups is 1. The van der Waals surface area contributed by atoms with Crippen molar-refractivity contribution < 1.29 is 4.74 Å². The normalized spacial score (nSPS) is 13.1. The molecule has 0 unspecified atom stereocenters. The Balaban J connectivity index is 1.52. The molecule has 0 atom stereocenters. The van der Waals surface area contributed by atoms with Crippen LogP contribution in [0.4, 0.5) is 5.69 Å². The van der Waals surface area contributed by atoms with Crippen LogP contribution in [-0.4, -0.2) is 17.9 Å². The number of aliphatic imine (C=N–C) groups is 1. The Hall–Kier alpha value is -3.99. The molecule has 5 aromatic rings. The molecule has 1 aromatic heterocycles. The van der Waals surface area contributed by atoms with Gasteiger partial charge in [-0.05, 0) is 97.6 Å². The van der Waals surface area contributed by atoms with Gasteiger partial charge in [-0.1, -0.05) is 71.4 Å². The second kappa shape index (κ2) is 11.6. The summed E-state index contributed by atoms with van der Waals surface area (Å²) in [5, 5.41) is 0.712. The van der Waals surface area contributed by atoms with Crippen LogP contribution >= 0.6 is 23.4 Å². The molecule has 1 heterocycles. The van der Waals surface area contributed by atoms with Crippen molar-refractivity contribution in [2.24, 2.45) is 4.99 Å². The summed E-state index contributed by atoms with van der Waals surface area (Å²) in [6.07, 6.45) is 3.84. The lowest BCUT2D eigenvalue weighted by molar-refractivity contribution is 0.414. The highest BCUT2D eigenvalue weighted by Gasteiger charge is 2.26. The summed E-state index contributed by atoms with van der Waals surface area (Å²) in [5.41, 5.74) is 9.43. The van der Waals surface area contributed by atoms with Gasteiger partial charge in [0.05, 0.1) is 18.5 Å². The minimum Gasteiger partial charge on any atom is -0.497 e. The maximum Gasteiger partial charge on any atom is 0.119 e. The zero-order valence-corrected chi connectivity index (χ0v) is 24.0. The molecule has 0 saturated carbocycles. The maximum absolute atomic E-state index is 6.10.